The molecule has 0 unspecified atom stereocenters. The maximum atomic E-state index is 11.5. The fraction of sp³-hybridized carbons (Fsp3) is 0.211. The molecule has 8 heteroatoms. The van der Waals surface area contributed by atoms with Crippen LogP contribution in [-0.2, 0) is 4.74 Å². The molecule has 2 aromatic carbocycles. The van der Waals surface area contributed by atoms with E-state index < -0.39 is 5.91 Å². The Bertz CT molecular complexity index is 988. The molecule has 0 bridgehead atoms. The molecule has 0 radical (unpaired) electrons. The van der Waals surface area contributed by atoms with Crippen LogP contribution in [0.15, 0.2) is 42.5 Å². The normalized spacial score (nSPS) is 14.4. The lowest BCUT2D eigenvalue weighted by Gasteiger charge is -2.29. The van der Waals surface area contributed by atoms with Gasteiger partial charge >= 0.3 is 0 Å². The van der Waals surface area contributed by atoms with Crippen molar-refractivity contribution in [2.24, 2.45) is 0 Å². The molecule has 27 heavy (non-hydrogen) atoms. The third kappa shape index (κ3) is 3.57. The number of carbonyl (C=O) groups excluding carboxylic acids is 1. The molecule has 2 heterocycles. The first-order valence-corrected chi connectivity index (χ1v) is 8.88. The molecule has 1 aromatic heterocycles. The molecule has 1 amide bonds. The Balaban J connectivity index is 1.81. The van der Waals surface area contributed by atoms with Gasteiger partial charge in [-0.2, -0.15) is 0 Å². The first kappa shape index (κ1) is 17.7. The Hall–Kier alpha value is -2.74. The van der Waals surface area contributed by atoms with Gasteiger partial charge in [-0.15, -0.1) is 0 Å². The van der Waals surface area contributed by atoms with Crippen molar-refractivity contribution in [3.8, 4) is 11.4 Å². The van der Waals surface area contributed by atoms with E-state index in [9.17, 15) is 4.79 Å². The van der Waals surface area contributed by atoms with E-state index in [0.717, 1.165) is 35.4 Å². The molecule has 1 aliphatic rings. The Labute approximate surface area is 160 Å². The second-order valence-electron chi connectivity index (χ2n) is 6.15. The van der Waals surface area contributed by atoms with Crippen molar-refractivity contribution in [1.29, 1.82) is 0 Å². The number of rotatable bonds is 3. The summed E-state index contributed by atoms with van der Waals surface area (Å²) in [5, 5.41) is 10.3. The van der Waals surface area contributed by atoms with E-state index >= 15 is 0 Å². The molecule has 2 N–H and O–H groups in total. The third-order valence-electron chi connectivity index (χ3n) is 4.46. The number of anilines is 1. The van der Waals surface area contributed by atoms with Crippen molar-refractivity contribution in [1.82, 2.24) is 15.4 Å². The van der Waals surface area contributed by atoms with Crippen LogP contribution in [0.5, 0.6) is 0 Å². The van der Waals surface area contributed by atoms with Crippen molar-refractivity contribution in [3.63, 3.8) is 0 Å². The van der Waals surface area contributed by atoms with Gasteiger partial charge < -0.3 is 9.64 Å². The second-order valence-corrected chi connectivity index (χ2v) is 6.59. The lowest BCUT2D eigenvalue weighted by Crippen LogP contribution is -2.37. The van der Waals surface area contributed by atoms with Gasteiger partial charge in [-0.25, -0.2) is 15.4 Å². The SMILES string of the molecule is O=C(NO)c1ccc(-c2nc(N3CCOCC3)c3ccc(Cl)cc3n2)cc1. The molecular formula is C19H17ClN4O3. The Morgan fingerprint density at radius 1 is 1.11 bits per heavy atom. The Morgan fingerprint density at radius 3 is 2.56 bits per heavy atom. The van der Waals surface area contributed by atoms with Crippen LogP contribution >= 0.6 is 11.6 Å². The van der Waals surface area contributed by atoms with Crippen LogP contribution < -0.4 is 10.4 Å². The average Bonchev–Trinajstić information content (AvgIpc) is 2.73. The number of nitrogens with zero attached hydrogens (tertiary/aromatic N) is 3. The van der Waals surface area contributed by atoms with Crippen LogP contribution in [0.3, 0.4) is 0 Å². The number of benzene rings is 2. The number of ether oxygens (including phenoxy) is 1. The molecule has 0 saturated carbocycles. The predicted molar refractivity (Wildman–Crippen MR) is 102 cm³/mol. The highest BCUT2D eigenvalue weighted by molar-refractivity contribution is 6.31. The van der Waals surface area contributed by atoms with E-state index in [1.165, 1.54) is 0 Å². The van der Waals surface area contributed by atoms with Crippen LogP contribution in [0.25, 0.3) is 22.3 Å². The molecule has 3 aromatic rings. The number of aromatic nitrogens is 2. The highest BCUT2D eigenvalue weighted by atomic mass is 35.5. The second kappa shape index (κ2) is 7.48. The fourth-order valence-electron chi connectivity index (χ4n) is 3.07. The monoisotopic (exact) mass is 384 g/mol. The highest BCUT2D eigenvalue weighted by Crippen LogP contribution is 2.30. The quantitative estimate of drug-likeness (QED) is 0.533. The molecule has 1 fully saturated rings. The number of hydrogen-bond acceptors (Lipinski definition) is 6. The first-order chi connectivity index (χ1) is 13.2. The van der Waals surface area contributed by atoms with Gasteiger partial charge in [0, 0.05) is 34.6 Å². The van der Waals surface area contributed by atoms with Crippen molar-refractivity contribution >= 4 is 34.2 Å². The van der Waals surface area contributed by atoms with E-state index in [0.29, 0.717) is 29.6 Å². The minimum Gasteiger partial charge on any atom is -0.378 e. The smallest absolute Gasteiger partial charge is 0.274 e. The Morgan fingerprint density at radius 2 is 1.85 bits per heavy atom. The van der Waals surface area contributed by atoms with Gasteiger partial charge in [0.1, 0.15) is 5.82 Å². The molecule has 138 valence electrons. The fourth-order valence-corrected chi connectivity index (χ4v) is 3.23. The third-order valence-corrected chi connectivity index (χ3v) is 4.69. The van der Waals surface area contributed by atoms with E-state index in [-0.39, 0.29) is 0 Å². The van der Waals surface area contributed by atoms with E-state index in [4.69, 9.17) is 26.5 Å². The number of carbonyl (C=O) groups is 1. The van der Waals surface area contributed by atoms with Crippen LogP contribution in [-0.4, -0.2) is 47.4 Å². The van der Waals surface area contributed by atoms with Crippen LogP contribution in [0.1, 0.15) is 10.4 Å². The summed E-state index contributed by atoms with van der Waals surface area (Å²) in [6, 6.07) is 12.3. The minimum absolute atomic E-state index is 0.346. The van der Waals surface area contributed by atoms with Crippen molar-refractivity contribution in [3.05, 3.63) is 53.1 Å². The summed E-state index contributed by atoms with van der Waals surface area (Å²) in [7, 11) is 0. The molecule has 0 aliphatic carbocycles. The molecular weight excluding hydrogens is 368 g/mol. The summed E-state index contributed by atoms with van der Waals surface area (Å²) >= 11 is 6.16. The zero-order valence-electron chi connectivity index (χ0n) is 14.4. The summed E-state index contributed by atoms with van der Waals surface area (Å²) in [4.78, 5) is 23.1. The summed E-state index contributed by atoms with van der Waals surface area (Å²) in [5.74, 6) is 0.816. The van der Waals surface area contributed by atoms with Gasteiger partial charge in [-0.3, -0.25) is 10.0 Å². The van der Waals surface area contributed by atoms with Crippen molar-refractivity contribution < 1.29 is 14.7 Å². The summed E-state index contributed by atoms with van der Waals surface area (Å²) in [6.45, 7) is 2.81. The summed E-state index contributed by atoms with van der Waals surface area (Å²) in [6.07, 6.45) is 0. The van der Waals surface area contributed by atoms with Gasteiger partial charge in [0.25, 0.3) is 5.91 Å². The predicted octanol–water partition coefficient (Wildman–Crippen LogP) is 2.91. The first-order valence-electron chi connectivity index (χ1n) is 8.50. The van der Waals surface area contributed by atoms with E-state index in [2.05, 4.69) is 9.88 Å². The van der Waals surface area contributed by atoms with Crippen molar-refractivity contribution in [2.75, 3.05) is 31.2 Å². The van der Waals surface area contributed by atoms with Gasteiger partial charge in [0.05, 0.1) is 18.7 Å². The number of fused-ring (bicyclic) bond motifs is 1. The standard InChI is InChI=1S/C19H17ClN4O3/c20-14-5-6-15-16(11-14)21-17(22-18(15)24-7-9-27-10-8-24)12-1-3-13(4-2-12)19(25)23-26/h1-6,11,26H,7-10H2,(H,23,25). The van der Waals surface area contributed by atoms with Crippen LogP contribution in [0.2, 0.25) is 5.02 Å². The number of morpholine rings is 1. The molecule has 4 rings (SSSR count). The number of hydroxylamine groups is 1. The minimum atomic E-state index is -0.568. The van der Waals surface area contributed by atoms with Gasteiger partial charge in [0.15, 0.2) is 5.82 Å². The van der Waals surface area contributed by atoms with Crippen LogP contribution in [0, 0.1) is 0 Å². The maximum Gasteiger partial charge on any atom is 0.274 e. The van der Waals surface area contributed by atoms with Gasteiger partial charge in [-0.05, 0) is 30.3 Å². The highest BCUT2D eigenvalue weighted by Gasteiger charge is 2.18. The number of halogens is 1. The molecule has 1 saturated heterocycles. The molecule has 1 aliphatic heterocycles. The topological polar surface area (TPSA) is 87.6 Å². The largest absolute Gasteiger partial charge is 0.378 e. The summed E-state index contributed by atoms with van der Waals surface area (Å²) < 4.78 is 5.45. The number of hydrogen-bond donors (Lipinski definition) is 2. The molecule has 0 atom stereocenters. The Kier molecular flexibility index (Phi) is 4.89. The molecule has 7 nitrogen and oxygen atoms in total. The number of amides is 1. The maximum absolute atomic E-state index is 11.5. The van der Waals surface area contributed by atoms with Crippen LogP contribution in [0.4, 0.5) is 5.82 Å². The van der Waals surface area contributed by atoms with Gasteiger partial charge in [-0.1, -0.05) is 23.7 Å². The molecule has 0 spiro atoms. The lowest BCUT2D eigenvalue weighted by atomic mass is 10.1. The van der Waals surface area contributed by atoms with E-state index in [1.807, 2.05) is 18.2 Å². The van der Waals surface area contributed by atoms with Gasteiger partial charge in [0.2, 0.25) is 0 Å². The van der Waals surface area contributed by atoms with E-state index in [1.54, 1.807) is 29.7 Å². The number of nitrogens with one attached hydrogen (secondary N) is 1. The lowest BCUT2D eigenvalue weighted by molar-refractivity contribution is 0.0706. The zero-order valence-corrected chi connectivity index (χ0v) is 15.1. The van der Waals surface area contributed by atoms with Crippen molar-refractivity contribution in [2.45, 2.75) is 0 Å². The summed E-state index contributed by atoms with van der Waals surface area (Å²) in [5.41, 5.74) is 3.49. The average molecular weight is 385 g/mol. The zero-order chi connectivity index (χ0) is 18.8.